The van der Waals surface area contributed by atoms with E-state index in [0.717, 1.165) is 18.4 Å². The molecule has 1 heterocycles. The zero-order chi connectivity index (χ0) is 13.3. The number of hydrogen-bond donors (Lipinski definition) is 2. The van der Waals surface area contributed by atoms with Gasteiger partial charge in [-0.2, -0.15) is 5.21 Å². The van der Waals surface area contributed by atoms with Crippen molar-refractivity contribution >= 4 is 5.91 Å². The van der Waals surface area contributed by atoms with Crippen LogP contribution in [-0.4, -0.2) is 26.5 Å². The van der Waals surface area contributed by atoms with Crippen molar-refractivity contribution in [2.24, 2.45) is 0 Å². The van der Waals surface area contributed by atoms with Gasteiger partial charge in [0.05, 0.1) is 12.0 Å². The first-order chi connectivity index (χ1) is 9.21. The second kappa shape index (κ2) is 4.42. The molecule has 1 saturated carbocycles. The van der Waals surface area contributed by atoms with Crippen molar-refractivity contribution in [2.45, 2.75) is 24.8 Å². The van der Waals surface area contributed by atoms with Crippen LogP contribution in [0.5, 0.6) is 0 Å². The quantitative estimate of drug-likeness (QED) is 0.848. The summed E-state index contributed by atoms with van der Waals surface area (Å²) in [6.07, 6.45) is 1.55. The zero-order valence-corrected chi connectivity index (χ0v) is 10.1. The van der Waals surface area contributed by atoms with Gasteiger partial charge in [-0.05, 0) is 30.5 Å². The average Bonchev–Trinajstić information content (AvgIpc) is 3.07. The minimum absolute atomic E-state index is 0.0797. The largest absolute Gasteiger partial charge is 0.348 e. The van der Waals surface area contributed by atoms with Crippen LogP contribution in [0.2, 0.25) is 0 Å². The molecule has 0 atom stereocenters. The molecule has 0 unspecified atom stereocenters. The summed E-state index contributed by atoms with van der Waals surface area (Å²) >= 11 is 0. The van der Waals surface area contributed by atoms with Crippen LogP contribution in [0.1, 0.15) is 24.2 Å². The Morgan fingerprint density at radius 2 is 2.11 bits per heavy atom. The molecular formula is C12H12FN5O. The minimum Gasteiger partial charge on any atom is -0.348 e. The Bertz CT molecular complexity index is 577. The lowest BCUT2D eigenvalue weighted by Crippen LogP contribution is -2.34. The molecule has 1 aliphatic rings. The smallest absolute Gasteiger partial charge is 0.231 e. The first-order valence-electron chi connectivity index (χ1n) is 5.97. The number of halogens is 1. The number of nitrogens with zero attached hydrogens (tertiary/aromatic N) is 3. The molecule has 1 fully saturated rings. The maximum absolute atomic E-state index is 12.9. The number of tetrazole rings is 1. The summed E-state index contributed by atoms with van der Waals surface area (Å²) < 4.78 is 12.9. The second-order valence-corrected chi connectivity index (χ2v) is 4.60. The summed E-state index contributed by atoms with van der Waals surface area (Å²) in [5.74, 6) is 0.0546. The predicted molar refractivity (Wildman–Crippen MR) is 63.3 cm³/mol. The Morgan fingerprint density at radius 3 is 2.68 bits per heavy atom. The van der Waals surface area contributed by atoms with E-state index in [1.54, 1.807) is 12.1 Å². The summed E-state index contributed by atoms with van der Waals surface area (Å²) in [5, 5.41) is 16.0. The minimum atomic E-state index is -0.516. The number of carbonyl (C=O) groups is 1. The third-order valence-electron chi connectivity index (χ3n) is 3.38. The van der Waals surface area contributed by atoms with Gasteiger partial charge < -0.3 is 5.32 Å². The molecule has 0 spiro atoms. The monoisotopic (exact) mass is 261 g/mol. The van der Waals surface area contributed by atoms with Crippen LogP contribution in [0, 0.1) is 5.82 Å². The van der Waals surface area contributed by atoms with E-state index in [2.05, 4.69) is 25.9 Å². The normalized spacial score (nSPS) is 16.1. The van der Waals surface area contributed by atoms with Crippen molar-refractivity contribution in [3.8, 4) is 0 Å². The zero-order valence-electron chi connectivity index (χ0n) is 10.1. The fourth-order valence-corrected chi connectivity index (χ4v) is 2.13. The van der Waals surface area contributed by atoms with Gasteiger partial charge in [-0.25, -0.2) is 4.39 Å². The number of aromatic amines is 1. The highest BCUT2D eigenvalue weighted by Crippen LogP contribution is 2.48. The number of amides is 1. The molecule has 6 nitrogen and oxygen atoms in total. The van der Waals surface area contributed by atoms with Gasteiger partial charge in [0, 0.05) is 0 Å². The van der Waals surface area contributed by atoms with Crippen molar-refractivity contribution in [1.82, 2.24) is 25.9 Å². The molecule has 0 saturated heterocycles. The number of aromatic nitrogens is 4. The van der Waals surface area contributed by atoms with Gasteiger partial charge in [-0.3, -0.25) is 4.79 Å². The average molecular weight is 261 g/mol. The standard InChI is InChI=1S/C12H12FN5O/c13-9-3-1-8(2-4-9)12(5-6-12)11(19)14-7-10-15-17-18-16-10/h1-4H,5-7H2,(H,14,19)(H,15,16,17,18). The van der Waals surface area contributed by atoms with E-state index in [4.69, 9.17) is 0 Å². The number of hydrogen-bond acceptors (Lipinski definition) is 4. The van der Waals surface area contributed by atoms with Crippen LogP contribution in [0.3, 0.4) is 0 Å². The van der Waals surface area contributed by atoms with Crippen molar-refractivity contribution in [3.63, 3.8) is 0 Å². The first-order valence-corrected chi connectivity index (χ1v) is 5.97. The molecule has 0 aliphatic heterocycles. The van der Waals surface area contributed by atoms with E-state index in [0.29, 0.717) is 5.82 Å². The van der Waals surface area contributed by atoms with Crippen LogP contribution in [0.4, 0.5) is 4.39 Å². The number of carbonyl (C=O) groups excluding carboxylic acids is 1. The number of H-pyrrole nitrogens is 1. The van der Waals surface area contributed by atoms with E-state index in [-0.39, 0.29) is 18.3 Å². The molecule has 1 aromatic heterocycles. The highest BCUT2D eigenvalue weighted by molar-refractivity contribution is 5.91. The summed E-state index contributed by atoms with van der Waals surface area (Å²) in [4.78, 5) is 12.2. The predicted octanol–water partition coefficient (Wildman–Crippen LogP) is 0.687. The van der Waals surface area contributed by atoms with Gasteiger partial charge in [-0.1, -0.05) is 17.3 Å². The Labute approximate surface area is 108 Å². The lowest BCUT2D eigenvalue weighted by molar-refractivity contribution is -0.123. The molecule has 1 aromatic carbocycles. The lowest BCUT2D eigenvalue weighted by atomic mass is 9.95. The van der Waals surface area contributed by atoms with Crippen molar-refractivity contribution in [1.29, 1.82) is 0 Å². The van der Waals surface area contributed by atoms with Gasteiger partial charge in [0.1, 0.15) is 5.82 Å². The summed E-state index contributed by atoms with van der Waals surface area (Å²) in [7, 11) is 0. The molecule has 98 valence electrons. The number of benzene rings is 1. The summed E-state index contributed by atoms with van der Waals surface area (Å²) in [5.41, 5.74) is 0.330. The molecule has 0 radical (unpaired) electrons. The highest BCUT2D eigenvalue weighted by Gasteiger charge is 2.51. The molecule has 3 rings (SSSR count). The van der Waals surface area contributed by atoms with Gasteiger partial charge in [0.25, 0.3) is 0 Å². The molecule has 2 aromatic rings. The van der Waals surface area contributed by atoms with Crippen LogP contribution < -0.4 is 5.32 Å². The lowest BCUT2D eigenvalue weighted by Gasteiger charge is -2.14. The SMILES string of the molecule is O=C(NCc1nn[nH]n1)C1(c2ccc(F)cc2)CC1. The van der Waals surface area contributed by atoms with E-state index >= 15 is 0 Å². The third kappa shape index (κ3) is 2.18. The molecule has 19 heavy (non-hydrogen) atoms. The Balaban J connectivity index is 1.70. The van der Waals surface area contributed by atoms with Crippen LogP contribution in [0.25, 0.3) is 0 Å². The second-order valence-electron chi connectivity index (χ2n) is 4.60. The summed E-state index contributed by atoms with van der Waals surface area (Å²) in [6, 6.07) is 6.08. The molecule has 2 N–H and O–H groups in total. The van der Waals surface area contributed by atoms with E-state index in [1.807, 2.05) is 0 Å². The van der Waals surface area contributed by atoms with Crippen molar-refractivity contribution < 1.29 is 9.18 Å². The molecule has 1 amide bonds. The first kappa shape index (κ1) is 11.8. The van der Waals surface area contributed by atoms with Gasteiger partial charge >= 0.3 is 0 Å². The van der Waals surface area contributed by atoms with Crippen molar-refractivity contribution in [3.05, 3.63) is 41.5 Å². The molecule has 7 heteroatoms. The number of nitrogens with one attached hydrogen (secondary N) is 2. The fourth-order valence-electron chi connectivity index (χ4n) is 2.13. The molecule has 0 bridgehead atoms. The van der Waals surface area contributed by atoms with Crippen molar-refractivity contribution in [2.75, 3.05) is 0 Å². The topological polar surface area (TPSA) is 83.6 Å². The highest BCUT2D eigenvalue weighted by atomic mass is 19.1. The maximum atomic E-state index is 12.9. The van der Waals surface area contributed by atoms with E-state index in [1.165, 1.54) is 12.1 Å². The van der Waals surface area contributed by atoms with E-state index < -0.39 is 5.41 Å². The van der Waals surface area contributed by atoms with E-state index in [9.17, 15) is 9.18 Å². The van der Waals surface area contributed by atoms with Gasteiger partial charge in [-0.15, -0.1) is 10.2 Å². The Morgan fingerprint density at radius 1 is 1.37 bits per heavy atom. The summed E-state index contributed by atoms with van der Waals surface area (Å²) in [6.45, 7) is 0.234. The van der Waals surface area contributed by atoms with Crippen LogP contribution in [-0.2, 0) is 16.8 Å². The van der Waals surface area contributed by atoms with Gasteiger partial charge in [0.15, 0.2) is 5.82 Å². The maximum Gasteiger partial charge on any atom is 0.231 e. The Kier molecular flexibility index (Phi) is 2.73. The third-order valence-corrected chi connectivity index (χ3v) is 3.38. The van der Waals surface area contributed by atoms with Gasteiger partial charge in [0.2, 0.25) is 5.91 Å². The van der Waals surface area contributed by atoms with Crippen LogP contribution >= 0.6 is 0 Å². The molecule has 1 aliphatic carbocycles. The fraction of sp³-hybridized carbons (Fsp3) is 0.333. The van der Waals surface area contributed by atoms with Crippen LogP contribution in [0.15, 0.2) is 24.3 Å². The number of rotatable bonds is 4. The Hall–Kier alpha value is -2.31. The molecular weight excluding hydrogens is 249 g/mol.